The lowest BCUT2D eigenvalue weighted by Crippen LogP contribution is -2.14. The molecule has 0 saturated carbocycles. The molecule has 0 fully saturated rings. The summed E-state index contributed by atoms with van der Waals surface area (Å²) in [7, 11) is -3.99. The molecule has 0 radical (unpaired) electrons. The zero-order chi connectivity index (χ0) is 26.2. The molecular formula is C29H27N3O4S. The van der Waals surface area contributed by atoms with Crippen molar-refractivity contribution in [3.05, 3.63) is 96.0 Å². The molecule has 0 spiro atoms. The number of nitrogens with one attached hydrogen (secondary N) is 1. The van der Waals surface area contributed by atoms with Gasteiger partial charge in [0, 0.05) is 16.7 Å². The third-order valence-electron chi connectivity index (χ3n) is 6.41. The number of anilines is 1. The lowest BCUT2D eigenvalue weighted by Gasteiger charge is -2.17. The van der Waals surface area contributed by atoms with Crippen LogP contribution >= 0.6 is 0 Å². The molecule has 0 atom stereocenters. The minimum Gasteiger partial charge on any atom is -0.445 e. The van der Waals surface area contributed by atoms with Crippen LogP contribution in [-0.4, -0.2) is 18.6 Å². The normalized spacial score (nSPS) is 11.7. The maximum absolute atomic E-state index is 13.6. The highest BCUT2D eigenvalue weighted by Crippen LogP contribution is 2.39. The molecule has 0 bridgehead atoms. The number of benzene rings is 3. The number of nitrogens with zero attached hydrogens (tertiary/aromatic N) is 2. The Morgan fingerprint density at radius 2 is 1.68 bits per heavy atom. The van der Waals surface area contributed by atoms with Crippen LogP contribution in [0.5, 0.6) is 0 Å². The van der Waals surface area contributed by atoms with E-state index in [9.17, 15) is 8.42 Å². The second kappa shape index (κ2) is 9.71. The molecule has 188 valence electrons. The fourth-order valence-electron chi connectivity index (χ4n) is 4.19. The highest BCUT2D eigenvalue weighted by atomic mass is 32.2. The Morgan fingerprint density at radius 1 is 0.865 bits per heavy atom. The van der Waals surface area contributed by atoms with Crippen LogP contribution in [0.3, 0.4) is 0 Å². The molecule has 0 saturated heterocycles. The van der Waals surface area contributed by atoms with Crippen LogP contribution < -0.4 is 4.72 Å². The Labute approximate surface area is 216 Å². The summed E-state index contributed by atoms with van der Waals surface area (Å²) in [6.07, 6.45) is 3.13. The first-order valence-electron chi connectivity index (χ1n) is 11.9. The Balaban J connectivity index is 1.69. The Kier molecular flexibility index (Phi) is 6.43. The summed E-state index contributed by atoms with van der Waals surface area (Å²) in [5.74, 6) is 0.937. The highest BCUT2D eigenvalue weighted by molar-refractivity contribution is 7.92. The van der Waals surface area contributed by atoms with Gasteiger partial charge in [-0.3, -0.25) is 0 Å². The maximum atomic E-state index is 13.6. The van der Waals surface area contributed by atoms with Gasteiger partial charge in [0.25, 0.3) is 10.0 Å². The van der Waals surface area contributed by atoms with Crippen LogP contribution in [0.2, 0.25) is 0 Å². The van der Waals surface area contributed by atoms with Gasteiger partial charge in [0.1, 0.15) is 6.26 Å². The SMILES string of the molecule is Cc1noc(NS(=O)(=O)c2ccccc2-c2ccc(-c3ncco3)cc2-c2cccc(C(C)C)c2)c1C. The van der Waals surface area contributed by atoms with E-state index in [0.717, 1.165) is 22.3 Å². The largest absolute Gasteiger partial charge is 0.445 e. The van der Waals surface area contributed by atoms with Crippen LogP contribution in [0, 0.1) is 13.8 Å². The standard InChI is InChI=1S/C29H27N3O4S/c1-18(2)21-8-7-9-22(16-21)26-17-23(29-30-14-15-35-29)12-13-24(26)25-10-5-6-11-27(25)37(33,34)32-28-19(3)20(4)31-36-28/h5-18,32H,1-4H3. The number of aromatic nitrogens is 2. The topological polar surface area (TPSA) is 98.2 Å². The summed E-state index contributed by atoms with van der Waals surface area (Å²) >= 11 is 0. The summed E-state index contributed by atoms with van der Waals surface area (Å²) in [4.78, 5) is 4.43. The average Bonchev–Trinajstić information content (AvgIpc) is 3.55. The van der Waals surface area contributed by atoms with Crippen LogP contribution in [0.4, 0.5) is 5.88 Å². The van der Waals surface area contributed by atoms with Crippen molar-refractivity contribution in [3.63, 3.8) is 0 Å². The predicted octanol–water partition coefficient (Wildman–Crippen LogP) is 7.20. The summed E-state index contributed by atoms with van der Waals surface area (Å²) in [5.41, 5.74) is 6.41. The van der Waals surface area contributed by atoms with Gasteiger partial charge in [0.2, 0.25) is 11.8 Å². The third-order valence-corrected chi connectivity index (χ3v) is 7.80. The second-order valence-corrected chi connectivity index (χ2v) is 10.9. The van der Waals surface area contributed by atoms with Crippen molar-refractivity contribution in [2.45, 2.75) is 38.5 Å². The van der Waals surface area contributed by atoms with E-state index in [1.807, 2.05) is 42.5 Å². The van der Waals surface area contributed by atoms with Gasteiger partial charge in [-0.15, -0.1) is 0 Å². The van der Waals surface area contributed by atoms with Crippen LogP contribution in [0.1, 0.15) is 36.6 Å². The zero-order valence-corrected chi connectivity index (χ0v) is 21.8. The van der Waals surface area contributed by atoms with Crippen molar-refractivity contribution < 1.29 is 17.4 Å². The molecule has 8 heteroatoms. The van der Waals surface area contributed by atoms with Crippen molar-refractivity contribution in [1.29, 1.82) is 0 Å². The molecule has 5 aromatic rings. The molecule has 1 N–H and O–H groups in total. The van der Waals surface area contributed by atoms with E-state index in [4.69, 9.17) is 8.94 Å². The first kappa shape index (κ1) is 24.5. The molecule has 0 aliphatic rings. The molecule has 2 heterocycles. The minimum absolute atomic E-state index is 0.108. The van der Waals surface area contributed by atoms with E-state index in [1.54, 1.807) is 32.2 Å². The van der Waals surface area contributed by atoms with E-state index in [-0.39, 0.29) is 10.8 Å². The van der Waals surface area contributed by atoms with Crippen LogP contribution in [-0.2, 0) is 10.0 Å². The number of sulfonamides is 1. The van der Waals surface area contributed by atoms with Gasteiger partial charge in [-0.1, -0.05) is 67.5 Å². The summed E-state index contributed by atoms with van der Waals surface area (Å²) in [5, 5.41) is 3.87. The van der Waals surface area contributed by atoms with E-state index in [0.29, 0.717) is 28.6 Å². The Bertz CT molecular complexity index is 1670. The van der Waals surface area contributed by atoms with E-state index in [1.165, 1.54) is 11.8 Å². The number of rotatable bonds is 7. The number of hydrogen-bond donors (Lipinski definition) is 1. The minimum atomic E-state index is -3.99. The first-order valence-corrected chi connectivity index (χ1v) is 13.4. The third kappa shape index (κ3) is 4.80. The number of aryl methyl sites for hydroxylation is 1. The highest BCUT2D eigenvalue weighted by Gasteiger charge is 2.24. The van der Waals surface area contributed by atoms with Gasteiger partial charge >= 0.3 is 0 Å². The van der Waals surface area contributed by atoms with Crippen LogP contribution in [0.15, 0.2) is 93.0 Å². The molecule has 3 aromatic carbocycles. The summed E-state index contributed by atoms with van der Waals surface area (Å²) < 4.78 is 40.5. The number of oxazole rings is 1. The molecule has 0 aliphatic carbocycles. The smallest absolute Gasteiger partial charge is 0.264 e. The van der Waals surface area contributed by atoms with E-state index < -0.39 is 10.0 Å². The lowest BCUT2D eigenvalue weighted by molar-refractivity contribution is 0.430. The van der Waals surface area contributed by atoms with Crippen LogP contribution in [0.25, 0.3) is 33.7 Å². The monoisotopic (exact) mass is 513 g/mol. The van der Waals surface area contributed by atoms with Gasteiger partial charge in [-0.25, -0.2) is 18.1 Å². The molecule has 0 amide bonds. The Hall–Kier alpha value is -4.17. The van der Waals surface area contributed by atoms with Gasteiger partial charge in [-0.2, -0.15) is 0 Å². The fourth-order valence-corrected chi connectivity index (χ4v) is 5.46. The summed E-state index contributed by atoms with van der Waals surface area (Å²) in [6.45, 7) is 7.81. The van der Waals surface area contributed by atoms with Crippen molar-refractivity contribution in [3.8, 4) is 33.7 Å². The first-order chi connectivity index (χ1) is 17.7. The number of hydrogen-bond acceptors (Lipinski definition) is 6. The molecule has 2 aromatic heterocycles. The molecule has 0 aliphatic heterocycles. The fraction of sp³-hybridized carbons (Fsp3) is 0.172. The van der Waals surface area contributed by atoms with Crippen molar-refractivity contribution in [2.75, 3.05) is 4.72 Å². The Morgan fingerprint density at radius 3 is 2.38 bits per heavy atom. The lowest BCUT2D eigenvalue weighted by atomic mass is 9.90. The second-order valence-electron chi connectivity index (χ2n) is 9.20. The molecule has 5 rings (SSSR count). The van der Waals surface area contributed by atoms with Gasteiger partial charge < -0.3 is 8.94 Å². The molecule has 37 heavy (non-hydrogen) atoms. The molecular weight excluding hydrogens is 486 g/mol. The predicted molar refractivity (Wildman–Crippen MR) is 144 cm³/mol. The van der Waals surface area contributed by atoms with Gasteiger partial charge in [-0.05, 0) is 60.2 Å². The van der Waals surface area contributed by atoms with Gasteiger partial charge in [0.15, 0.2) is 0 Å². The molecule has 0 unspecified atom stereocenters. The van der Waals surface area contributed by atoms with Crippen molar-refractivity contribution in [2.24, 2.45) is 0 Å². The van der Waals surface area contributed by atoms with E-state index >= 15 is 0 Å². The van der Waals surface area contributed by atoms with E-state index in [2.05, 4.69) is 40.8 Å². The quantitative estimate of drug-likeness (QED) is 0.247. The van der Waals surface area contributed by atoms with Gasteiger partial charge in [0.05, 0.1) is 16.8 Å². The molecule has 7 nitrogen and oxygen atoms in total. The average molecular weight is 514 g/mol. The van der Waals surface area contributed by atoms with Crippen molar-refractivity contribution in [1.82, 2.24) is 10.1 Å². The summed E-state index contributed by atoms with van der Waals surface area (Å²) in [6, 6.07) is 21.0. The maximum Gasteiger partial charge on any atom is 0.264 e. The van der Waals surface area contributed by atoms with Crippen molar-refractivity contribution >= 4 is 15.9 Å². The zero-order valence-electron chi connectivity index (χ0n) is 21.0.